The Morgan fingerprint density at radius 3 is 1.45 bits per heavy atom. The Morgan fingerprint density at radius 1 is 0.393 bits per heavy atom. The van der Waals surface area contributed by atoms with Crippen LogP contribution in [0, 0.1) is 63.0 Å². The second-order valence-corrected chi connectivity index (χ2v) is 49.9. The van der Waals surface area contributed by atoms with Gasteiger partial charge in [-0.05, 0) is 139 Å². The van der Waals surface area contributed by atoms with E-state index in [0.29, 0.717) is 21.4 Å². The molecule has 0 amide bonds. The molecule has 0 N–H and O–H groups in total. The predicted molar refractivity (Wildman–Crippen MR) is 504 cm³/mol. The number of nitrogens with zero attached hydrogens (tertiary/aromatic N) is 6. The summed E-state index contributed by atoms with van der Waals surface area (Å²) in [6.45, 7) is 25.2. The summed E-state index contributed by atoms with van der Waals surface area (Å²) >= 11 is 1.83. The molecule has 1 aliphatic rings. The van der Waals surface area contributed by atoms with Crippen LogP contribution < -0.4 is 20.7 Å². The third-order valence-corrected chi connectivity index (χ3v) is 31.3. The van der Waals surface area contributed by atoms with E-state index in [9.17, 15) is 8.42 Å². The summed E-state index contributed by atoms with van der Waals surface area (Å²) in [5.41, 5.74) is 18.2. The number of sulfone groups is 1. The molecule has 0 unspecified atom stereocenters. The normalized spacial score (nSPS) is 12.2. The van der Waals surface area contributed by atoms with Crippen molar-refractivity contribution in [3.63, 3.8) is 0 Å². The summed E-state index contributed by atoms with van der Waals surface area (Å²) in [6, 6.07) is 113. The fourth-order valence-corrected chi connectivity index (χ4v) is 21.5. The molecule has 122 heavy (non-hydrogen) atoms. The number of para-hydroxylation sites is 1. The Bertz CT molecular complexity index is 6520. The summed E-state index contributed by atoms with van der Waals surface area (Å²) in [5, 5.41) is 10.4. The number of hydrogen-bond acceptors (Lipinski definition) is 10. The van der Waals surface area contributed by atoms with Crippen LogP contribution in [0.15, 0.2) is 330 Å². The average molecular weight is 2220 g/mol. The van der Waals surface area contributed by atoms with Crippen molar-refractivity contribution in [3.05, 3.63) is 375 Å². The van der Waals surface area contributed by atoms with Gasteiger partial charge in [0.15, 0.2) is 9.84 Å². The second kappa shape index (κ2) is 41.2. The van der Waals surface area contributed by atoms with Gasteiger partial charge in [-0.25, -0.2) is 8.42 Å². The van der Waals surface area contributed by atoms with E-state index >= 15 is 0 Å². The number of furan rings is 1. The maximum Gasteiger partial charge on any atom is 0.173 e. The van der Waals surface area contributed by atoms with Gasteiger partial charge in [0.25, 0.3) is 0 Å². The number of rotatable bonds is 12. The molecular formula is C105H94Ir3N6O3S2Si3-6. The summed E-state index contributed by atoms with van der Waals surface area (Å²) in [7, 11) is -8.03. The monoisotopic (exact) mass is 2220 g/mol. The van der Waals surface area contributed by atoms with Gasteiger partial charge >= 0.3 is 0 Å². The van der Waals surface area contributed by atoms with Gasteiger partial charge in [0, 0.05) is 111 Å². The van der Waals surface area contributed by atoms with Crippen molar-refractivity contribution in [2.45, 2.75) is 103 Å². The molecule has 619 valence electrons. The Morgan fingerprint density at radius 2 is 0.893 bits per heavy atom. The molecule has 9 heterocycles. The molecule has 0 fully saturated rings. The van der Waals surface area contributed by atoms with Crippen LogP contribution in [0.2, 0.25) is 52.4 Å². The van der Waals surface area contributed by atoms with Gasteiger partial charge in [0.05, 0.1) is 26.6 Å². The van der Waals surface area contributed by atoms with E-state index in [0.717, 1.165) is 101 Å². The zero-order valence-corrected chi connectivity index (χ0v) is 81.8. The van der Waals surface area contributed by atoms with Crippen molar-refractivity contribution >= 4 is 108 Å². The summed E-state index contributed by atoms with van der Waals surface area (Å²) in [6.07, 6.45) is 10.8. The number of thiophene rings is 1. The zero-order chi connectivity index (χ0) is 85.9. The van der Waals surface area contributed by atoms with Crippen LogP contribution in [0.4, 0.5) is 0 Å². The largest absolute Gasteiger partial charge is 0.500 e. The minimum absolute atomic E-state index is 0. The Balaban J connectivity index is 0.000000150. The average Bonchev–Trinajstić information content (AvgIpc) is 1.59. The number of fused-ring (bicyclic) bond motifs is 9. The van der Waals surface area contributed by atoms with E-state index in [1.54, 1.807) is 36.4 Å². The molecule has 0 aliphatic carbocycles. The van der Waals surface area contributed by atoms with Crippen LogP contribution in [-0.2, 0) is 76.6 Å². The maximum absolute atomic E-state index is 13.0. The molecule has 0 atom stereocenters. The Kier molecular flexibility index (Phi) is 29.7. The van der Waals surface area contributed by atoms with Gasteiger partial charge in [0.2, 0.25) is 0 Å². The number of hydrogen-bond donors (Lipinski definition) is 0. The van der Waals surface area contributed by atoms with Crippen LogP contribution in [0.1, 0.15) is 40.3 Å². The van der Waals surface area contributed by atoms with Crippen molar-refractivity contribution in [1.29, 1.82) is 0 Å². The van der Waals surface area contributed by atoms with E-state index in [1.165, 1.54) is 63.7 Å². The molecule has 19 rings (SSSR count). The van der Waals surface area contributed by atoms with Gasteiger partial charge in [-0.3, -0.25) is 0 Å². The van der Waals surface area contributed by atoms with Crippen LogP contribution in [-0.4, -0.2) is 62.5 Å². The van der Waals surface area contributed by atoms with Crippen molar-refractivity contribution in [3.8, 4) is 78.7 Å². The van der Waals surface area contributed by atoms with Crippen molar-refractivity contribution in [2.24, 2.45) is 5.92 Å². The van der Waals surface area contributed by atoms with E-state index in [-0.39, 0.29) is 66.0 Å². The number of benzene rings is 10. The standard InChI is InChI=1S/C29H28NO2SSi.C20H18NOSi.C20H18NSSi.3C12H10N.3Ir/c1-20(2)16-22-18-26(30-19-29(22)34(3,4)23-10-6-5-7-11-23)21-14-15-28-25(17-21)24-12-8-9-13-27(24)33(28,31)32;2*1-23(2,3)15-9-10-18(21-13-15)14-8-11-20-17(12-14)16-6-4-5-7-19(16)22-20;1-10-6-5-9-12(13-10)11-7-3-2-4-8-11;2*1-10-7-8-12(13-9-10)11-5-3-2-4-6-11;;;/h5-13,15,17-20H,16H2,1-4H3;2*4-7,9-13H,1-3H3;2-7,9H,1H3;2*2-5,7-9H,1H3;;;/q6*-1;;;/i;;;1D3;;;;;. The fraction of sp³-hybridized carbons (Fsp3) is 0.143. The molecule has 18 aromatic rings. The summed E-state index contributed by atoms with van der Waals surface area (Å²) in [4.78, 5) is 27.7. The molecule has 3 radical (unpaired) electrons. The minimum Gasteiger partial charge on any atom is -0.500 e. The maximum atomic E-state index is 13.0. The van der Waals surface area contributed by atoms with E-state index in [2.05, 4.69) is 250 Å². The molecule has 0 saturated carbocycles. The molecule has 10 aromatic carbocycles. The smallest absolute Gasteiger partial charge is 0.173 e. The SMILES string of the molecule is CC(C)Cc1cc(-c2[c-]cc3c(c2)-c2ccccc2S3(=O)=O)ncc1[Si](C)(C)c1ccccc1.C[Si](C)(C)c1ccc(-c2[c-]cc3oc4ccccc4c3c2)nc1.C[Si](C)(C)c1ccc(-c2[c-]cc3sc4ccccc4c3c2)nc1.Cc1ccc(-c2[c-]cccc2)nc1.Cc1ccc(-c2[c-]cccc2)nc1.[2H]C([2H])([2H])c1cccc(-c2[c-]cccc2)n1.[Ir].[Ir].[Ir]. The molecule has 8 aromatic heterocycles. The second-order valence-electron chi connectivity index (χ2n) is 32.4. The van der Waals surface area contributed by atoms with E-state index in [4.69, 9.17) is 18.5 Å². The first-order valence-electron chi connectivity index (χ1n) is 41.3. The minimum atomic E-state index is -3.49. The molecule has 0 spiro atoms. The first-order valence-corrected chi connectivity index (χ1v) is 52.1. The fourth-order valence-electron chi connectivity index (χ4n) is 14.1. The van der Waals surface area contributed by atoms with Crippen LogP contribution in [0.3, 0.4) is 0 Å². The first kappa shape index (κ1) is 88.0. The molecule has 0 bridgehead atoms. The third kappa shape index (κ3) is 22.4. The van der Waals surface area contributed by atoms with Crippen LogP contribution in [0.25, 0.3) is 121 Å². The molecule has 0 saturated heterocycles. The van der Waals surface area contributed by atoms with Crippen LogP contribution in [0.5, 0.6) is 0 Å². The number of aryl methyl sites for hydroxylation is 3. The van der Waals surface area contributed by atoms with Gasteiger partial charge < -0.3 is 34.3 Å². The van der Waals surface area contributed by atoms with Crippen molar-refractivity contribution < 1.29 is 77.3 Å². The van der Waals surface area contributed by atoms with Gasteiger partial charge in [0.1, 0.15) is 13.7 Å². The quantitative estimate of drug-likeness (QED) is 0.0868. The molecule has 1 aliphatic heterocycles. The molecule has 17 heteroatoms. The van der Waals surface area contributed by atoms with Gasteiger partial charge in [-0.2, -0.15) is 11.3 Å². The van der Waals surface area contributed by atoms with E-state index < -0.39 is 40.9 Å². The van der Waals surface area contributed by atoms with Gasteiger partial charge in [-0.1, -0.05) is 245 Å². The van der Waals surface area contributed by atoms with Crippen LogP contribution >= 0.6 is 11.3 Å². The first-order chi connectivity index (χ1) is 58.5. The topological polar surface area (TPSA) is 125 Å². The predicted octanol–water partition coefficient (Wildman–Crippen LogP) is 24.4. The summed E-state index contributed by atoms with van der Waals surface area (Å²) < 4.78 is 56.3. The molecular weight excluding hydrogens is 2120 g/mol. The summed E-state index contributed by atoms with van der Waals surface area (Å²) in [5.74, 6) is 0.510. The zero-order valence-electron chi connectivity index (χ0n) is 73.0. The van der Waals surface area contributed by atoms with E-state index in [1.807, 2.05) is 171 Å². The third-order valence-electron chi connectivity index (χ3n) is 20.7. The Hall–Kier alpha value is -10.3. The number of aromatic nitrogens is 6. The van der Waals surface area contributed by atoms with Gasteiger partial charge in [-0.15, -0.1) is 179 Å². The van der Waals surface area contributed by atoms with Crippen molar-refractivity contribution in [1.82, 2.24) is 29.9 Å². The molecule has 9 nitrogen and oxygen atoms in total. The Labute approximate surface area is 771 Å². The number of pyridine rings is 6. The van der Waals surface area contributed by atoms with Crippen molar-refractivity contribution in [2.75, 3.05) is 0 Å².